The van der Waals surface area contributed by atoms with E-state index in [4.69, 9.17) is 4.52 Å². The van der Waals surface area contributed by atoms with E-state index in [-0.39, 0.29) is 24.0 Å². The molecule has 0 aliphatic heterocycles. The molecule has 30 heavy (non-hydrogen) atoms. The predicted molar refractivity (Wildman–Crippen MR) is 128 cm³/mol. The third kappa shape index (κ3) is 5.80. The number of hydrogen-bond acceptors (Lipinski definition) is 5. The highest BCUT2D eigenvalue weighted by Gasteiger charge is 2.13. The molecule has 3 heterocycles. The standard InChI is InChI=1S/C21H29N7O.HI/c1-5-18-17(19(6-2)29-27-18)14-26-21(22-7-3)25-13-16-8-9-20(24-12-16)28-11-10-23-15(28)4;/h8-12H,5-7,13-14H2,1-4H3,(H2,22,25,26);1H. The van der Waals surface area contributed by atoms with E-state index in [1.165, 1.54) is 0 Å². The first-order chi connectivity index (χ1) is 14.2. The number of pyridine rings is 1. The second-order valence-electron chi connectivity index (χ2n) is 6.66. The monoisotopic (exact) mass is 523 g/mol. The normalized spacial score (nSPS) is 11.3. The quantitative estimate of drug-likeness (QED) is 0.267. The Morgan fingerprint density at radius 1 is 1.13 bits per heavy atom. The molecule has 9 heteroatoms. The lowest BCUT2D eigenvalue weighted by Gasteiger charge is -2.12. The minimum Gasteiger partial charge on any atom is -0.361 e. The molecule has 0 aliphatic rings. The third-order valence-electron chi connectivity index (χ3n) is 4.69. The number of rotatable bonds is 8. The largest absolute Gasteiger partial charge is 0.361 e. The number of hydrogen-bond donors (Lipinski definition) is 2. The van der Waals surface area contributed by atoms with Crippen molar-refractivity contribution in [2.45, 2.75) is 53.6 Å². The van der Waals surface area contributed by atoms with Crippen molar-refractivity contribution in [1.82, 2.24) is 30.3 Å². The average Bonchev–Trinajstić information content (AvgIpc) is 3.35. The molecule has 8 nitrogen and oxygen atoms in total. The van der Waals surface area contributed by atoms with Crippen LogP contribution in [0, 0.1) is 6.92 Å². The van der Waals surface area contributed by atoms with Gasteiger partial charge in [0.1, 0.15) is 17.4 Å². The van der Waals surface area contributed by atoms with Gasteiger partial charge in [0, 0.05) is 43.7 Å². The van der Waals surface area contributed by atoms with Crippen LogP contribution >= 0.6 is 24.0 Å². The number of halogens is 1. The van der Waals surface area contributed by atoms with E-state index >= 15 is 0 Å². The number of nitrogens with zero attached hydrogens (tertiary/aromatic N) is 5. The van der Waals surface area contributed by atoms with Crippen molar-refractivity contribution < 1.29 is 4.52 Å². The minimum atomic E-state index is 0. The number of imidazole rings is 1. The van der Waals surface area contributed by atoms with Crippen molar-refractivity contribution in [3.05, 3.63) is 59.1 Å². The minimum absolute atomic E-state index is 0. The van der Waals surface area contributed by atoms with Gasteiger partial charge in [-0.3, -0.25) is 4.57 Å². The molecule has 0 atom stereocenters. The molecule has 0 radical (unpaired) electrons. The summed E-state index contributed by atoms with van der Waals surface area (Å²) >= 11 is 0. The van der Waals surface area contributed by atoms with Gasteiger partial charge in [-0.1, -0.05) is 25.1 Å². The van der Waals surface area contributed by atoms with Gasteiger partial charge >= 0.3 is 0 Å². The molecule has 2 N–H and O–H groups in total. The molecule has 162 valence electrons. The van der Waals surface area contributed by atoms with E-state index in [9.17, 15) is 0 Å². The van der Waals surface area contributed by atoms with Gasteiger partial charge in [-0.25, -0.2) is 15.0 Å². The summed E-state index contributed by atoms with van der Waals surface area (Å²) in [5, 5.41) is 10.8. The van der Waals surface area contributed by atoms with Crippen molar-refractivity contribution in [3.8, 4) is 5.82 Å². The highest BCUT2D eigenvalue weighted by Crippen LogP contribution is 2.15. The Morgan fingerprint density at radius 2 is 1.97 bits per heavy atom. The van der Waals surface area contributed by atoms with Gasteiger partial charge in [0.25, 0.3) is 0 Å². The van der Waals surface area contributed by atoms with Crippen molar-refractivity contribution in [3.63, 3.8) is 0 Å². The molecule has 0 saturated heterocycles. The summed E-state index contributed by atoms with van der Waals surface area (Å²) in [6.07, 6.45) is 7.20. The molecule has 0 unspecified atom stereocenters. The van der Waals surface area contributed by atoms with Crippen LogP contribution in [-0.4, -0.2) is 32.2 Å². The van der Waals surface area contributed by atoms with Crippen LogP contribution in [0.3, 0.4) is 0 Å². The van der Waals surface area contributed by atoms with Gasteiger partial charge in [0.2, 0.25) is 0 Å². The first-order valence-corrected chi connectivity index (χ1v) is 10.1. The molecule has 3 rings (SSSR count). The smallest absolute Gasteiger partial charge is 0.191 e. The van der Waals surface area contributed by atoms with Gasteiger partial charge in [-0.15, -0.1) is 24.0 Å². The first-order valence-electron chi connectivity index (χ1n) is 10.1. The highest BCUT2D eigenvalue weighted by molar-refractivity contribution is 14.0. The Morgan fingerprint density at radius 3 is 2.57 bits per heavy atom. The van der Waals surface area contributed by atoms with Gasteiger partial charge in [0.15, 0.2) is 5.96 Å². The summed E-state index contributed by atoms with van der Waals surface area (Å²) in [5.74, 6) is 3.45. The van der Waals surface area contributed by atoms with Crippen molar-refractivity contribution >= 4 is 29.9 Å². The molecule has 0 aliphatic carbocycles. The molecule has 0 aromatic carbocycles. The first kappa shape index (κ1) is 23.8. The lowest BCUT2D eigenvalue weighted by molar-refractivity contribution is 0.380. The zero-order valence-electron chi connectivity index (χ0n) is 18.0. The molecular formula is C21H30IN7O. The highest BCUT2D eigenvalue weighted by atomic mass is 127. The third-order valence-corrected chi connectivity index (χ3v) is 4.69. The van der Waals surface area contributed by atoms with E-state index < -0.39 is 0 Å². The lowest BCUT2D eigenvalue weighted by atomic mass is 10.1. The summed E-state index contributed by atoms with van der Waals surface area (Å²) in [6.45, 7) is 10.1. The Bertz CT molecular complexity index is 925. The van der Waals surface area contributed by atoms with E-state index in [1.54, 1.807) is 6.20 Å². The molecule has 0 saturated carbocycles. The molecular weight excluding hydrogens is 493 g/mol. The summed E-state index contributed by atoms with van der Waals surface area (Å²) in [4.78, 5) is 13.5. The topological polar surface area (TPSA) is 93.2 Å². The average molecular weight is 523 g/mol. The van der Waals surface area contributed by atoms with Gasteiger partial charge in [-0.2, -0.15) is 0 Å². The van der Waals surface area contributed by atoms with Gasteiger partial charge in [-0.05, 0) is 31.9 Å². The summed E-state index contributed by atoms with van der Waals surface area (Å²) < 4.78 is 7.40. The number of aromatic nitrogens is 4. The molecule has 0 fully saturated rings. The second-order valence-corrected chi connectivity index (χ2v) is 6.66. The zero-order chi connectivity index (χ0) is 20.6. The fraction of sp³-hybridized carbons (Fsp3) is 0.429. The van der Waals surface area contributed by atoms with Crippen LogP contribution in [-0.2, 0) is 25.9 Å². The Hall–Kier alpha value is -2.43. The fourth-order valence-corrected chi connectivity index (χ4v) is 3.09. The van der Waals surface area contributed by atoms with Gasteiger partial charge < -0.3 is 15.2 Å². The number of guanidine groups is 1. The summed E-state index contributed by atoms with van der Waals surface area (Å²) in [6, 6.07) is 4.03. The van der Waals surface area contributed by atoms with Crippen LogP contribution < -0.4 is 10.6 Å². The fourth-order valence-electron chi connectivity index (χ4n) is 3.09. The SMILES string of the molecule is CCNC(=NCc1ccc(-n2ccnc2C)nc1)NCc1c(CC)noc1CC.I. The summed E-state index contributed by atoms with van der Waals surface area (Å²) in [7, 11) is 0. The molecule has 0 spiro atoms. The lowest BCUT2D eigenvalue weighted by Crippen LogP contribution is -2.37. The van der Waals surface area contributed by atoms with Crippen LogP contribution in [0.1, 0.15) is 49.2 Å². The van der Waals surface area contributed by atoms with Crippen LogP contribution in [0.15, 0.2) is 40.2 Å². The van der Waals surface area contributed by atoms with Crippen LogP contribution in [0.2, 0.25) is 0 Å². The molecule has 0 amide bonds. The van der Waals surface area contributed by atoms with Crippen molar-refractivity contribution in [2.24, 2.45) is 4.99 Å². The molecule has 3 aromatic heterocycles. The Labute approximate surface area is 194 Å². The van der Waals surface area contributed by atoms with Crippen LogP contribution in [0.5, 0.6) is 0 Å². The second kappa shape index (κ2) is 11.7. The Balaban J connectivity index is 0.00000320. The van der Waals surface area contributed by atoms with E-state index in [0.29, 0.717) is 13.1 Å². The van der Waals surface area contributed by atoms with Crippen molar-refractivity contribution in [1.29, 1.82) is 0 Å². The van der Waals surface area contributed by atoms with E-state index in [0.717, 1.165) is 59.6 Å². The number of aryl methyl sites for hydroxylation is 3. The van der Waals surface area contributed by atoms with Crippen LogP contribution in [0.25, 0.3) is 5.82 Å². The van der Waals surface area contributed by atoms with E-state index in [2.05, 4.69) is 51.5 Å². The molecule has 0 bridgehead atoms. The maximum atomic E-state index is 5.44. The Kier molecular flexibility index (Phi) is 9.28. The summed E-state index contributed by atoms with van der Waals surface area (Å²) in [5.41, 5.74) is 3.17. The maximum Gasteiger partial charge on any atom is 0.191 e. The van der Waals surface area contributed by atoms with Crippen LogP contribution in [0.4, 0.5) is 0 Å². The molecule has 3 aromatic rings. The van der Waals surface area contributed by atoms with Gasteiger partial charge in [0.05, 0.1) is 12.2 Å². The number of nitrogens with one attached hydrogen (secondary N) is 2. The number of aliphatic imine (C=N–C) groups is 1. The predicted octanol–water partition coefficient (Wildman–Crippen LogP) is 3.56. The van der Waals surface area contributed by atoms with Crippen molar-refractivity contribution in [2.75, 3.05) is 6.54 Å². The maximum absolute atomic E-state index is 5.44. The zero-order valence-corrected chi connectivity index (χ0v) is 20.3. The van der Waals surface area contributed by atoms with E-state index in [1.807, 2.05) is 36.0 Å².